The molecule has 1 aliphatic heterocycles. The highest BCUT2D eigenvalue weighted by Gasteiger charge is 2.37. The Morgan fingerprint density at radius 3 is 2.77 bits per heavy atom. The van der Waals surface area contributed by atoms with E-state index in [9.17, 15) is 19.5 Å². The van der Waals surface area contributed by atoms with Crippen molar-refractivity contribution in [2.24, 2.45) is 11.5 Å². The minimum absolute atomic E-state index is 0.346. The summed E-state index contributed by atoms with van der Waals surface area (Å²) in [6, 6.07) is 5.47. The maximum Gasteiger partial charge on any atom is 0.326 e. The third-order valence-corrected chi connectivity index (χ3v) is 5.87. The van der Waals surface area contributed by atoms with Gasteiger partial charge in [0, 0.05) is 23.6 Å². The van der Waals surface area contributed by atoms with Gasteiger partial charge in [0.25, 0.3) is 0 Å². The molecule has 7 N–H and O–H groups in total. The van der Waals surface area contributed by atoms with Gasteiger partial charge in [-0.05, 0) is 56.7 Å². The zero-order valence-electron chi connectivity index (χ0n) is 17.5. The molecule has 1 aromatic carbocycles. The van der Waals surface area contributed by atoms with Crippen molar-refractivity contribution in [3.8, 4) is 0 Å². The number of para-hydroxylation sites is 1. The molecule has 1 saturated heterocycles. The summed E-state index contributed by atoms with van der Waals surface area (Å²) in [6.45, 7) is 0.742. The van der Waals surface area contributed by atoms with E-state index in [2.05, 4.69) is 10.3 Å². The first-order valence-electron chi connectivity index (χ1n) is 10.8. The molecule has 2 aromatic rings. The number of rotatable bonds is 10. The number of carbonyl (C=O) groups is 3. The van der Waals surface area contributed by atoms with Crippen molar-refractivity contribution < 1.29 is 19.5 Å². The largest absolute Gasteiger partial charge is 0.480 e. The standard InChI is InChI=1S/C22H31N5O4/c23-11-3-7-18(21(29)27-12-4-8-19(27)22(30)31)26-20(28)16(24)10-9-14-13-25-17-6-2-1-5-15(14)17/h1-2,5-6,13,16,18-19,25H,3-4,7-12,23-24H2,(H,26,28)(H,30,31)/t16-,18-,19-/m0/s1. The predicted molar refractivity (Wildman–Crippen MR) is 117 cm³/mol. The molecule has 1 fully saturated rings. The highest BCUT2D eigenvalue weighted by atomic mass is 16.4. The maximum absolute atomic E-state index is 13.0. The highest BCUT2D eigenvalue weighted by molar-refractivity contribution is 5.92. The number of benzene rings is 1. The van der Waals surface area contributed by atoms with Crippen LogP contribution in [-0.4, -0.2) is 64.0 Å². The smallest absolute Gasteiger partial charge is 0.326 e. The molecule has 3 rings (SSSR count). The molecule has 1 aromatic heterocycles. The van der Waals surface area contributed by atoms with E-state index >= 15 is 0 Å². The molecular weight excluding hydrogens is 398 g/mol. The van der Waals surface area contributed by atoms with E-state index in [0.29, 0.717) is 51.6 Å². The molecule has 168 valence electrons. The molecular formula is C22H31N5O4. The lowest BCUT2D eigenvalue weighted by atomic mass is 10.0. The normalized spacial score (nSPS) is 18.1. The minimum atomic E-state index is -1.02. The van der Waals surface area contributed by atoms with Crippen molar-refractivity contribution in [3.63, 3.8) is 0 Å². The van der Waals surface area contributed by atoms with Crippen molar-refractivity contribution >= 4 is 28.7 Å². The number of carboxylic acid groups (broad SMARTS) is 1. The van der Waals surface area contributed by atoms with Gasteiger partial charge in [-0.2, -0.15) is 0 Å². The van der Waals surface area contributed by atoms with Gasteiger partial charge in [-0.25, -0.2) is 4.79 Å². The summed E-state index contributed by atoms with van der Waals surface area (Å²) >= 11 is 0. The summed E-state index contributed by atoms with van der Waals surface area (Å²) in [6.07, 6.45) is 4.89. The molecule has 0 radical (unpaired) electrons. The number of carboxylic acids is 1. The van der Waals surface area contributed by atoms with Gasteiger partial charge in [-0.3, -0.25) is 9.59 Å². The van der Waals surface area contributed by atoms with Crippen molar-refractivity contribution in [2.45, 2.75) is 56.7 Å². The number of nitrogens with two attached hydrogens (primary N) is 2. The van der Waals surface area contributed by atoms with Crippen LogP contribution in [0.5, 0.6) is 0 Å². The Balaban J connectivity index is 1.61. The van der Waals surface area contributed by atoms with Gasteiger partial charge in [0.15, 0.2) is 0 Å². The summed E-state index contributed by atoms with van der Waals surface area (Å²) in [7, 11) is 0. The average Bonchev–Trinajstić information content (AvgIpc) is 3.41. The number of fused-ring (bicyclic) bond motifs is 1. The Morgan fingerprint density at radius 2 is 2.03 bits per heavy atom. The molecule has 9 nitrogen and oxygen atoms in total. The molecule has 0 spiro atoms. The van der Waals surface area contributed by atoms with Crippen LogP contribution >= 0.6 is 0 Å². The van der Waals surface area contributed by atoms with Crippen LogP contribution in [0.25, 0.3) is 10.9 Å². The average molecular weight is 430 g/mol. The second-order valence-electron chi connectivity index (χ2n) is 8.02. The lowest BCUT2D eigenvalue weighted by Crippen LogP contribution is -2.54. The quantitative estimate of drug-likeness (QED) is 0.375. The minimum Gasteiger partial charge on any atom is -0.480 e. The number of aliphatic carboxylic acids is 1. The second-order valence-corrected chi connectivity index (χ2v) is 8.02. The fraction of sp³-hybridized carbons (Fsp3) is 0.500. The van der Waals surface area contributed by atoms with Crippen LogP contribution in [0.1, 0.15) is 37.7 Å². The third kappa shape index (κ3) is 5.42. The SMILES string of the molecule is NCCC[C@H](NC(=O)[C@@H](N)CCc1c[nH]c2ccccc12)C(=O)N1CCC[C@H]1C(=O)O. The molecule has 2 amide bonds. The molecule has 2 heterocycles. The van der Waals surface area contributed by atoms with Gasteiger partial charge in [0.1, 0.15) is 12.1 Å². The van der Waals surface area contributed by atoms with Gasteiger partial charge in [0.2, 0.25) is 11.8 Å². The van der Waals surface area contributed by atoms with E-state index in [1.165, 1.54) is 4.90 Å². The van der Waals surface area contributed by atoms with E-state index < -0.39 is 30.0 Å². The lowest BCUT2D eigenvalue weighted by molar-refractivity contribution is -0.149. The Morgan fingerprint density at radius 1 is 1.26 bits per heavy atom. The molecule has 0 saturated carbocycles. The van der Waals surface area contributed by atoms with E-state index in [1.54, 1.807) is 0 Å². The van der Waals surface area contributed by atoms with Crippen LogP contribution in [-0.2, 0) is 20.8 Å². The fourth-order valence-electron chi connectivity index (χ4n) is 4.13. The number of nitrogens with one attached hydrogen (secondary N) is 2. The number of carbonyl (C=O) groups excluding carboxylic acids is 2. The topological polar surface area (TPSA) is 155 Å². The molecule has 1 aliphatic rings. The first kappa shape index (κ1) is 22.8. The van der Waals surface area contributed by atoms with Crippen LogP contribution < -0.4 is 16.8 Å². The number of aromatic amines is 1. The Kier molecular flexibility index (Phi) is 7.64. The highest BCUT2D eigenvalue weighted by Crippen LogP contribution is 2.21. The number of aromatic nitrogens is 1. The number of hydrogen-bond donors (Lipinski definition) is 5. The van der Waals surface area contributed by atoms with Crippen LogP contribution in [0, 0.1) is 0 Å². The summed E-state index contributed by atoms with van der Waals surface area (Å²) < 4.78 is 0. The zero-order chi connectivity index (χ0) is 22.4. The number of hydrogen-bond acceptors (Lipinski definition) is 5. The Hall–Kier alpha value is -2.91. The Bertz CT molecular complexity index is 928. The maximum atomic E-state index is 13.0. The summed E-state index contributed by atoms with van der Waals surface area (Å²) in [5.41, 5.74) is 13.8. The van der Waals surface area contributed by atoms with Gasteiger partial charge >= 0.3 is 5.97 Å². The van der Waals surface area contributed by atoms with Crippen LogP contribution in [0.15, 0.2) is 30.5 Å². The van der Waals surface area contributed by atoms with Crippen molar-refractivity contribution in [1.82, 2.24) is 15.2 Å². The summed E-state index contributed by atoms with van der Waals surface area (Å²) in [5, 5.41) is 13.2. The zero-order valence-corrected chi connectivity index (χ0v) is 17.5. The van der Waals surface area contributed by atoms with E-state index in [-0.39, 0.29) is 5.91 Å². The van der Waals surface area contributed by atoms with Gasteiger partial charge < -0.3 is 31.8 Å². The van der Waals surface area contributed by atoms with E-state index in [1.807, 2.05) is 30.5 Å². The first-order chi connectivity index (χ1) is 14.9. The van der Waals surface area contributed by atoms with E-state index in [4.69, 9.17) is 11.5 Å². The molecule has 31 heavy (non-hydrogen) atoms. The van der Waals surface area contributed by atoms with Crippen molar-refractivity contribution in [3.05, 3.63) is 36.0 Å². The number of nitrogens with zero attached hydrogens (tertiary/aromatic N) is 1. The molecule has 9 heteroatoms. The van der Waals surface area contributed by atoms with Gasteiger partial charge in [-0.15, -0.1) is 0 Å². The number of amides is 2. The molecule has 0 aliphatic carbocycles. The monoisotopic (exact) mass is 429 g/mol. The third-order valence-electron chi connectivity index (χ3n) is 5.87. The molecule has 0 unspecified atom stereocenters. The van der Waals surface area contributed by atoms with Gasteiger partial charge in [0.05, 0.1) is 6.04 Å². The number of likely N-dealkylation sites (tertiary alicyclic amines) is 1. The summed E-state index contributed by atoms with van der Waals surface area (Å²) in [5.74, 6) is -1.82. The van der Waals surface area contributed by atoms with Crippen LogP contribution in [0.4, 0.5) is 0 Å². The second kappa shape index (κ2) is 10.4. The Labute approximate surface area is 181 Å². The van der Waals surface area contributed by atoms with Crippen molar-refractivity contribution in [2.75, 3.05) is 13.1 Å². The molecule has 0 bridgehead atoms. The lowest BCUT2D eigenvalue weighted by Gasteiger charge is -2.28. The van der Waals surface area contributed by atoms with E-state index in [0.717, 1.165) is 16.5 Å². The van der Waals surface area contributed by atoms with Crippen LogP contribution in [0.3, 0.4) is 0 Å². The predicted octanol–water partition coefficient (Wildman–Crippen LogP) is 0.727. The number of aryl methyl sites for hydroxylation is 1. The summed E-state index contributed by atoms with van der Waals surface area (Å²) in [4.78, 5) is 41.7. The van der Waals surface area contributed by atoms with Crippen molar-refractivity contribution in [1.29, 1.82) is 0 Å². The molecule has 3 atom stereocenters. The fourth-order valence-corrected chi connectivity index (χ4v) is 4.13. The van der Waals surface area contributed by atoms with Gasteiger partial charge in [-0.1, -0.05) is 18.2 Å². The first-order valence-corrected chi connectivity index (χ1v) is 10.8. The number of H-pyrrole nitrogens is 1. The van der Waals surface area contributed by atoms with Crippen LogP contribution in [0.2, 0.25) is 0 Å².